The van der Waals surface area contributed by atoms with Crippen molar-refractivity contribution in [1.82, 2.24) is 10.2 Å². The molecule has 0 spiro atoms. The summed E-state index contributed by atoms with van der Waals surface area (Å²) in [6.07, 6.45) is 3.45. The Labute approximate surface area is 208 Å². The van der Waals surface area contributed by atoms with Gasteiger partial charge in [-0.15, -0.1) is 0 Å². The lowest BCUT2D eigenvalue weighted by molar-refractivity contribution is -0.121. The van der Waals surface area contributed by atoms with Crippen LogP contribution in [0.15, 0.2) is 53.5 Å². The van der Waals surface area contributed by atoms with Gasteiger partial charge in [0.1, 0.15) is 5.25 Å². The molecule has 2 heterocycles. The van der Waals surface area contributed by atoms with Gasteiger partial charge in [-0.3, -0.25) is 14.4 Å². The summed E-state index contributed by atoms with van der Waals surface area (Å²) >= 11 is 1.37. The van der Waals surface area contributed by atoms with Gasteiger partial charge in [0.05, 0.1) is 17.7 Å². The molecule has 2 aliphatic rings. The largest absolute Gasteiger partial charge is 0.351 e. The second kappa shape index (κ2) is 11.2. The van der Waals surface area contributed by atoms with Gasteiger partial charge in [0.25, 0.3) is 11.8 Å². The lowest BCUT2D eigenvalue weighted by atomic mass is 10.1. The molecule has 0 bridgehead atoms. The zero-order chi connectivity index (χ0) is 24.8. The summed E-state index contributed by atoms with van der Waals surface area (Å²) < 4.78 is 0. The van der Waals surface area contributed by atoms with Gasteiger partial charge >= 0.3 is 0 Å². The monoisotopic (exact) mass is 489 g/mol. The maximum absolute atomic E-state index is 12.6. The van der Waals surface area contributed by atoms with Gasteiger partial charge in [-0.05, 0) is 68.1 Å². The van der Waals surface area contributed by atoms with Gasteiger partial charge in [-0.1, -0.05) is 23.9 Å². The number of hydrogen-bond donors (Lipinski definition) is 2. The molecule has 2 aromatic carbocycles. The van der Waals surface area contributed by atoms with Crippen molar-refractivity contribution in [2.75, 3.05) is 18.4 Å². The number of nitrogens with one attached hydrogen (secondary N) is 2. The predicted octanol–water partition coefficient (Wildman–Crippen LogP) is 3.86. The Morgan fingerprint density at radius 2 is 1.80 bits per heavy atom. The summed E-state index contributed by atoms with van der Waals surface area (Å²) in [5.41, 5.74) is 2.48. The van der Waals surface area contributed by atoms with Crippen molar-refractivity contribution >= 4 is 40.3 Å². The molecule has 9 heteroatoms. The molecule has 1 fully saturated rings. The molecule has 180 valence electrons. The molecule has 1 saturated heterocycles. The third-order valence-electron chi connectivity index (χ3n) is 6.04. The minimum atomic E-state index is -0.499. The number of piperidine rings is 1. The zero-order valence-corrected chi connectivity index (χ0v) is 20.3. The quantitative estimate of drug-likeness (QED) is 0.637. The fraction of sp³-hybridized carbons (Fsp3) is 0.346. The normalized spacial score (nSPS) is 18.4. The van der Waals surface area contributed by atoms with E-state index in [-0.39, 0.29) is 30.2 Å². The second-order valence-corrected chi connectivity index (χ2v) is 9.82. The molecule has 2 aliphatic heterocycles. The third-order valence-corrected chi connectivity index (χ3v) is 7.26. The summed E-state index contributed by atoms with van der Waals surface area (Å²) in [7, 11) is 0. The van der Waals surface area contributed by atoms with E-state index in [1.54, 1.807) is 36.4 Å². The zero-order valence-electron chi connectivity index (χ0n) is 19.5. The van der Waals surface area contributed by atoms with Crippen molar-refractivity contribution in [3.63, 3.8) is 0 Å². The predicted molar refractivity (Wildman–Crippen MR) is 136 cm³/mol. The Hall–Kier alpha value is -3.64. The molecule has 0 aromatic heterocycles. The number of rotatable bonds is 6. The molecule has 2 N–H and O–H groups in total. The van der Waals surface area contributed by atoms with E-state index in [0.29, 0.717) is 16.8 Å². The van der Waals surface area contributed by atoms with Crippen LogP contribution < -0.4 is 10.6 Å². The van der Waals surface area contributed by atoms with Crippen molar-refractivity contribution < 1.29 is 14.4 Å². The topological polar surface area (TPSA) is 115 Å². The Balaban J connectivity index is 1.27. The van der Waals surface area contributed by atoms with Gasteiger partial charge in [0.15, 0.2) is 5.17 Å². The molecule has 0 saturated carbocycles. The number of nitriles is 1. The SMILES string of the molecule is CC(NC(=O)c1ccc(NC(=O)CC2SC(N3CCCCC3)=NC2=O)cc1)c1ccc(C#N)cc1. The van der Waals surface area contributed by atoms with Crippen LogP contribution in [0.5, 0.6) is 0 Å². The van der Waals surface area contributed by atoms with Crippen molar-refractivity contribution in [3.8, 4) is 6.07 Å². The van der Waals surface area contributed by atoms with Crippen molar-refractivity contribution in [1.29, 1.82) is 5.26 Å². The van der Waals surface area contributed by atoms with E-state index in [9.17, 15) is 14.4 Å². The van der Waals surface area contributed by atoms with E-state index in [4.69, 9.17) is 5.26 Å². The number of amidine groups is 1. The third kappa shape index (κ3) is 6.28. The van der Waals surface area contributed by atoms with Crippen LogP contribution in [-0.2, 0) is 9.59 Å². The van der Waals surface area contributed by atoms with Gasteiger partial charge in [-0.25, -0.2) is 0 Å². The summed E-state index contributed by atoms with van der Waals surface area (Å²) in [5.74, 6) is -0.762. The Bertz CT molecular complexity index is 1160. The average Bonchev–Trinajstić information content (AvgIpc) is 3.24. The number of likely N-dealkylation sites (tertiary alicyclic amines) is 1. The van der Waals surface area contributed by atoms with E-state index in [1.807, 2.05) is 19.1 Å². The molecule has 35 heavy (non-hydrogen) atoms. The standard InChI is InChI=1S/C26H27N5O3S/c1-17(19-7-5-18(16-27)6-8-19)28-24(33)20-9-11-21(12-10-20)29-23(32)15-22-25(34)30-26(35-22)31-13-3-2-4-14-31/h5-12,17,22H,2-4,13-15H2,1H3,(H,28,33)(H,29,32). The lowest BCUT2D eigenvalue weighted by Crippen LogP contribution is -2.33. The number of aliphatic imine (C=N–C) groups is 1. The molecule has 2 unspecified atom stereocenters. The number of nitrogens with zero attached hydrogens (tertiary/aromatic N) is 3. The van der Waals surface area contributed by atoms with E-state index < -0.39 is 5.25 Å². The number of benzene rings is 2. The van der Waals surface area contributed by atoms with Crippen molar-refractivity contribution in [3.05, 3.63) is 65.2 Å². The van der Waals surface area contributed by atoms with E-state index in [1.165, 1.54) is 18.2 Å². The molecule has 4 rings (SSSR count). The first-order chi connectivity index (χ1) is 16.9. The summed E-state index contributed by atoms with van der Waals surface area (Å²) in [6.45, 7) is 3.69. The second-order valence-electron chi connectivity index (χ2n) is 8.65. The van der Waals surface area contributed by atoms with Crippen molar-refractivity contribution in [2.24, 2.45) is 4.99 Å². The Kier molecular flexibility index (Phi) is 7.83. The molecule has 8 nitrogen and oxygen atoms in total. The number of hydrogen-bond acceptors (Lipinski definition) is 6. The van der Waals surface area contributed by atoms with Gasteiger partial charge in [-0.2, -0.15) is 10.3 Å². The van der Waals surface area contributed by atoms with Crippen LogP contribution in [0.1, 0.15) is 60.1 Å². The Morgan fingerprint density at radius 1 is 1.11 bits per heavy atom. The van der Waals surface area contributed by atoms with Crippen LogP contribution in [0.3, 0.4) is 0 Å². The highest BCUT2D eigenvalue weighted by Crippen LogP contribution is 2.29. The first-order valence-electron chi connectivity index (χ1n) is 11.7. The highest BCUT2D eigenvalue weighted by molar-refractivity contribution is 8.15. The molecule has 3 amide bonds. The maximum atomic E-state index is 12.6. The van der Waals surface area contributed by atoms with E-state index >= 15 is 0 Å². The minimum absolute atomic E-state index is 0.0503. The van der Waals surface area contributed by atoms with Crippen LogP contribution in [0.4, 0.5) is 5.69 Å². The van der Waals surface area contributed by atoms with E-state index in [0.717, 1.165) is 36.7 Å². The molecular weight excluding hydrogens is 462 g/mol. The first kappa shape index (κ1) is 24.5. The van der Waals surface area contributed by atoms with Crippen LogP contribution in [-0.4, -0.2) is 46.1 Å². The number of carbonyl (C=O) groups excluding carboxylic acids is 3. The Morgan fingerprint density at radius 3 is 2.46 bits per heavy atom. The van der Waals surface area contributed by atoms with Gasteiger partial charge < -0.3 is 15.5 Å². The smallest absolute Gasteiger partial charge is 0.262 e. The molecule has 0 radical (unpaired) electrons. The lowest BCUT2D eigenvalue weighted by Gasteiger charge is -2.27. The van der Waals surface area contributed by atoms with Crippen LogP contribution in [0.25, 0.3) is 0 Å². The highest BCUT2D eigenvalue weighted by atomic mass is 32.2. The fourth-order valence-corrected chi connectivity index (χ4v) is 5.14. The summed E-state index contributed by atoms with van der Waals surface area (Å²) in [4.78, 5) is 43.7. The number of anilines is 1. The average molecular weight is 490 g/mol. The number of amides is 3. The first-order valence-corrected chi connectivity index (χ1v) is 12.6. The molecular formula is C26H27N5O3S. The summed E-state index contributed by atoms with van der Waals surface area (Å²) in [6, 6.07) is 15.5. The van der Waals surface area contributed by atoms with Gasteiger partial charge in [0, 0.05) is 30.8 Å². The van der Waals surface area contributed by atoms with Gasteiger partial charge in [0.2, 0.25) is 5.91 Å². The molecule has 0 aliphatic carbocycles. The van der Waals surface area contributed by atoms with Crippen LogP contribution in [0, 0.1) is 11.3 Å². The molecule has 2 aromatic rings. The van der Waals surface area contributed by atoms with E-state index in [2.05, 4.69) is 26.6 Å². The number of carbonyl (C=O) groups is 3. The minimum Gasteiger partial charge on any atom is -0.351 e. The van der Waals surface area contributed by atoms with Crippen molar-refractivity contribution in [2.45, 2.75) is 43.9 Å². The molecule has 2 atom stereocenters. The summed E-state index contributed by atoms with van der Waals surface area (Å²) in [5, 5.41) is 14.9. The van der Waals surface area contributed by atoms with Crippen LogP contribution >= 0.6 is 11.8 Å². The fourth-order valence-electron chi connectivity index (χ4n) is 4.02. The number of thioether (sulfide) groups is 1. The highest BCUT2D eigenvalue weighted by Gasteiger charge is 2.33. The maximum Gasteiger partial charge on any atom is 0.262 e. The van der Waals surface area contributed by atoms with Crippen LogP contribution in [0.2, 0.25) is 0 Å².